The lowest BCUT2D eigenvalue weighted by Crippen LogP contribution is -2.30. The van der Waals surface area contributed by atoms with Crippen molar-refractivity contribution >= 4 is 22.7 Å². The number of methoxy groups -OCH3 is 1. The van der Waals surface area contributed by atoms with Crippen molar-refractivity contribution in [2.24, 2.45) is 0 Å². The maximum Gasteiger partial charge on any atom is 0.167 e. The van der Waals surface area contributed by atoms with Gasteiger partial charge in [-0.3, -0.25) is 4.79 Å². The molecule has 0 saturated heterocycles. The van der Waals surface area contributed by atoms with E-state index in [0.29, 0.717) is 6.42 Å². The second-order valence-corrected chi connectivity index (χ2v) is 7.41. The van der Waals surface area contributed by atoms with Crippen LogP contribution in [0.4, 0.5) is 0 Å². The summed E-state index contributed by atoms with van der Waals surface area (Å²) in [7, 11) is 1.66. The Morgan fingerprint density at radius 1 is 1.07 bits per heavy atom. The van der Waals surface area contributed by atoms with Gasteiger partial charge in [-0.25, -0.2) is 0 Å². The van der Waals surface area contributed by atoms with Crippen molar-refractivity contribution in [1.29, 1.82) is 0 Å². The number of carbonyl (C=O) groups is 1. The Labute approximate surface area is 163 Å². The Hall–Kier alpha value is -2.85. The average molecular weight is 375 g/mol. The van der Waals surface area contributed by atoms with Gasteiger partial charge in [-0.05, 0) is 45.6 Å². The highest BCUT2D eigenvalue weighted by Crippen LogP contribution is 2.36. The van der Waals surface area contributed by atoms with Gasteiger partial charge in [0.2, 0.25) is 0 Å². The number of hydrogen-bond acceptors (Lipinski definition) is 4. The third-order valence-electron chi connectivity index (χ3n) is 4.92. The van der Waals surface area contributed by atoms with Gasteiger partial charge in [0.1, 0.15) is 5.75 Å². The summed E-state index contributed by atoms with van der Waals surface area (Å²) in [5, 5.41) is 4.05. The largest absolute Gasteiger partial charge is 0.497 e. The van der Waals surface area contributed by atoms with Crippen LogP contribution in [-0.4, -0.2) is 17.8 Å². The summed E-state index contributed by atoms with van der Waals surface area (Å²) in [5.41, 5.74) is 4.17. The van der Waals surface area contributed by atoms with E-state index in [1.807, 2.05) is 41.2 Å². The van der Waals surface area contributed by atoms with E-state index in [-0.39, 0.29) is 11.8 Å². The van der Waals surface area contributed by atoms with Crippen molar-refractivity contribution in [3.8, 4) is 5.75 Å². The number of hydrogen-bond donors (Lipinski definition) is 0. The van der Waals surface area contributed by atoms with Crippen LogP contribution in [-0.2, 0) is 11.3 Å². The summed E-state index contributed by atoms with van der Waals surface area (Å²) in [6.45, 7) is 0.762. The molecule has 2 heterocycles. The van der Waals surface area contributed by atoms with E-state index in [2.05, 4.69) is 41.3 Å². The van der Waals surface area contributed by atoms with Gasteiger partial charge in [-0.1, -0.05) is 42.5 Å². The van der Waals surface area contributed by atoms with E-state index >= 15 is 0 Å². The van der Waals surface area contributed by atoms with Crippen molar-refractivity contribution in [3.63, 3.8) is 0 Å². The molecule has 0 amide bonds. The molecule has 0 bridgehead atoms. The Kier molecular flexibility index (Phi) is 5.07. The third kappa shape index (κ3) is 3.81. The van der Waals surface area contributed by atoms with Crippen molar-refractivity contribution in [2.45, 2.75) is 19.0 Å². The number of rotatable bonds is 5. The lowest BCUT2D eigenvalue weighted by Gasteiger charge is -2.35. The Balaban J connectivity index is 1.71. The molecule has 136 valence electrons. The number of ketones is 1. The van der Waals surface area contributed by atoms with Crippen LogP contribution in [0.2, 0.25) is 0 Å². The molecule has 4 rings (SSSR count). The first-order valence-corrected chi connectivity index (χ1v) is 9.90. The molecule has 1 unspecified atom stereocenters. The number of ether oxygens (including phenoxy) is 1. The molecule has 0 spiro atoms. The van der Waals surface area contributed by atoms with Gasteiger partial charge in [-0.15, -0.1) is 0 Å². The summed E-state index contributed by atoms with van der Waals surface area (Å²) in [5.74, 6) is 1.02. The van der Waals surface area contributed by atoms with Crippen molar-refractivity contribution in [2.75, 3.05) is 7.11 Å². The van der Waals surface area contributed by atoms with Gasteiger partial charge in [0.15, 0.2) is 5.78 Å². The minimum absolute atomic E-state index is 0.0194. The zero-order chi connectivity index (χ0) is 18.6. The summed E-state index contributed by atoms with van der Waals surface area (Å²) < 4.78 is 5.27. The summed E-state index contributed by atoms with van der Waals surface area (Å²) in [4.78, 5) is 15.2. The van der Waals surface area contributed by atoms with Gasteiger partial charge >= 0.3 is 0 Å². The van der Waals surface area contributed by atoms with Gasteiger partial charge in [-0.2, -0.15) is 11.3 Å². The molecule has 1 aliphatic rings. The van der Waals surface area contributed by atoms with Gasteiger partial charge < -0.3 is 9.64 Å². The third-order valence-corrected chi connectivity index (χ3v) is 5.60. The molecule has 3 nitrogen and oxygen atoms in total. The maximum absolute atomic E-state index is 12.9. The quantitative estimate of drug-likeness (QED) is 0.605. The molecule has 27 heavy (non-hydrogen) atoms. The highest BCUT2D eigenvalue weighted by molar-refractivity contribution is 7.08. The van der Waals surface area contributed by atoms with Gasteiger partial charge in [0.05, 0.1) is 13.2 Å². The minimum atomic E-state index is 0.0194. The first-order chi connectivity index (χ1) is 13.2. The predicted octanol–water partition coefficient (Wildman–Crippen LogP) is 5.31. The van der Waals surface area contributed by atoms with Crippen LogP contribution < -0.4 is 4.74 Å². The van der Waals surface area contributed by atoms with Crippen LogP contribution in [0.15, 0.2) is 77.6 Å². The Morgan fingerprint density at radius 3 is 2.52 bits per heavy atom. The summed E-state index contributed by atoms with van der Waals surface area (Å²) >= 11 is 1.62. The lowest BCUT2D eigenvalue weighted by molar-refractivity contribution is -0.115. The van der Waals surface area contributed by atoms with E-state index in [9.17, 15) is 4.79 Å². The zero-order valence-corrected chi connectivity index (χ0v) is 16.0. The van der Waals surface area contributed by atoms with E-state index in [1.165, 1.54) is 5.56 Å². The molecule has 0 aliphatic carbocycles. The Morgan fingerprint density at radius 2 is 1.85 bits per heavy atom. The van der Waals surface area contributed by atoms with Crippen LogP contribution in [0.1, 0.15) is 29.2 Å². The molecule has 0 fully saturated rings. The molecule has 0 radical (unpaired) electrons. The molecule has 0 saturated carbocycles. The highest BCUT2D eigenvalue weighted by atomic mass is 32.1. The average Bonchev–Trinajstić information content (AvgIpc) is 3.24. The van der Waals surface area contributed by atoms with Crippen LogP contribution in [0.3, 0.4) is 0 Å². The highest BCUT2D eigenvalue weighted by Gasteiger charge is 2.29. The minimum Gasteiger partial charge on any atom is -0.497 e. The molecule has 4 heteroatoms. The van der Waals surface area contributed by atoms with Crippen LogP contribution in [0, 0.1) is 0 Å². The normalized spacial score (nSPS) is 16.9. The monoisotopic (exact) mass is 375 g/mol. The van der Waals surface area contributed by atoms with Crippen molar-refractivity contribution in [1.82, 2.24) is 4.90 Å². The zero-order valence-electron chi connectivity index (χ0n) is 15.2. The van der Waals surface area contributed by atoms with E-state index in [0.717, 1.165) is 29.0 Å². The predicted molar refractivity (Wildman–Crippen MR) is 110 cm³/mol. The summed E-state index contributed by atoms with van der Waals surface area (Å²) in [6.07, 6.45) is 2.51. The fourth-order valence-corrected chi connectivity index (χ4v) is 4.13. The van der Waals surface area contributed by atoms with E-state index in [4.69, 9.17) is 4.74 Å². The number of allylic oxidation sites excluding steroid dienone is 1. The fourth-order valence-electron chi connectivity index (χ4n) is 3.47. The molecular weight excluding hydrogens is 354 g/mol. The molecular formula is C23H21NO2S. The van der Waals surface area contributed by atoms with Crippen molar-refractivity contribution in [3.05, 3.63) is 94.3 Å². The maximum atomic E-state index is 12.9. The smallest absolute Gasteiger partial charge is 0.167 e. The first kappa shape index (κ1) is 17.6. The second-order valence-electron chi connectivity index (χ2n) is 6.63. The molecule has 0 N–H and O–H groups in total. The standard InChI is InChI=1S/C23H21NO2S/c1-26-20-9-7-18(8-10-20)22-13-23(25)21(19-11-12-27-16-19)15-24(22)14-17-5-3-2-4-6-17/h2-12,15-16,22H,13-14H2,1H3. The van der Waals surface area contributed by atoms with Crippen LogP contribution >= 0.6 is 11.3 Å². The second kappa shape index (κ2) is 7.80. The molecule has 1 aliphatic heterocycles. The number of nitrogens with zero attached hydrogens (tertiary/aromatic N) is 1. The number of carbonyl (C=O) groups excluding carboxylic acids is 1. The fraction of sp³-hybridized carbons (Fsp3) is 0.174. The number of benzene rings is 2. The summed E-state index contributed by atoms with van der Waals surface area (Å²) in [6, 6.07) is 20.4. The lowest BCUT2D eigenvalue weighted by atomic mass is 9.90. The number of thiophene rings is 1. The van der Waals surface area contributed by atoms with Gasteiger partial charge in [0, 0.05) is 24.7 Å². The van der Waals surface area contributed by atoms with Crippen molar-refractivity contribution < 1.29 is 9.53 Å². The molecule has 3 aromatic rings. The number of Topliss-reactive ketones (excluding diaryl/α,β-unsaturated/α-hetero) is 1. The van der Waals surface area contributed by atoms with Crippen LogP contribution in [0.25, 0.3) is 5.57 Å². The Bertz CT molecular complexity index is 930. The molecule has 2 aromatic carbocycles. The van der Waals surface area contributed by atoms with E-state index < -0.39 is 0 Å². The topological polar surface area (TPSA) is 29.5 Å². The van der Waals surface area contributed by atoms with Crippen LogP contribution in [0.5, 0.6) is 5.75 Å². The molecule has 1 aromatic heterocycles. The molecule has 1 atom stereocenters. The van der Waals surface area contributed by atoms with E-state index in [1.54, 1.807) is 18.4 Å². The van der Waals surface area contributed by atoms with Gasteiger partial charge in [0.25, 0.3) is 0 Å². The SMILES string of the molecule is COc1ccc(C2CC(=O)C(c3ccsc3)=CN2Cc2ccccc2)cc1. The first-order valence-electron chi connectivity index (χ1n) is 8.96.